The summed E-state index contributed by atoms with van der Waals surface area (Å²) in [5.41, 5.74) is -0.789. The highest BCUT2D eigenvalue weighted by atomic mass is 35.5. The monoisotopic (exact) mass is 465 g/mol. The minimum absolute atomic E-state index is 0.00206. The molecule has 32 heavy (non-hydrogen) atoms. The number of hydrogen-bond donors (Lipinski definition) is 2. The number of esters is 1. The third kappa shape index (κ3) is 5.67. The fourth-order valence-electron chi connectivity index (χ4n) is 2.57. The zero-order valence-corrected chi connectivity index (χ0v) is 17.1. The minimum Gasteiger partial charge on any atom is -0.464 e. The second-order valence-electron chi connectivity index (χ2n) is 6.24. The lowest BCUT2D eigenvalue weighted by Gasteiger charge is -2.13. The van der Waals surface area contributed by atoms with Gasteiger partial charge in [0.05, 0.1) is 17.7 Å². The Kier molecular flexibility index (Phi) is 6.84. The predicted molar refractivity (Wildman–Crippen MR) is 111 cm³/mol. The summed E-state index contributed by atoms with van der Waals surface area (Å²) in [6, 6.07) is 11.5. The molecule has 0 bridgehead atoms. The molecule has 0 atom stereocenters. The number of alkyl halides is 3. The van der Waals surface area contributed by atoms with Crippen LogP contribution in [0.5, 0.6) is 11.5 Å². The lowest BCUT2D eigenvalue weighted by atomic mass is 10.2. The molecule has 0 saturated carbocycles. The minimum atomic E-state index is -4.65. The molecule has 7 nitrogen and oxygen atoms in total. The molecule has 0 radical (unpaired) electrons. The van der Waals surface area contributed by atoms with Crippen molar-refractivity contribution in [1.29, 1.82) is 0 Å². The zero-order valence-electron chi connectivity index (χ0n) is 16.4. The number of hydrogen-bond acceptors (Lipinski definition) is 5. The number of halogens is 4. The Morgan fingerprint density at radius 3 is 2.31 bits per heavy atom. The summed E-state index contributed by atoms with van der Waals surface area (Å²) in [6.45, 7) is 0. The first-order valence-electron chi connectivity index (χ1n) is 8.93. The number of pyridine rings is 1. The van der Waals surface area contributed by atoms with E-state index < -0.39 is 28.8 Å². The number of carbonyl (C=O) groups is 2. The van der Waals surface area contributed by atoms with E-state index in [2.05, 4.69) is 20.4 Å². The third-order valence-electron chi connectivity index (χ3n) is 4.02. The van der Waals surface area contributed by atoms with Crippen molar-refractivity contribution in [3.8, 4) is 11.5 Å². The number of urea groups is 1. The molecule has 0 saturated heterocycles. The van der Waals surface area contributed by atoms with Crippen molar-refractivity contribution in [2.45, 2.75) is 6.18 Å². The van der Waals surface area contributed by atoms with Crippen molar-refractivity contribution in [2.75, 3.05) is 17.7 Å². The van der Waals surface area contributed by atoms with Crippen molar-refractivity contribution >= 4 is 35.0 Å². The number of ether oxygens (including phenoxy) is 2. The molecule has 0 aliphatic heterocycles. The molecule has 2 aromatic carbocycles. The number of carbonyl (C=O) groups excluding carboxylic acids is 2. The Balaban J connectivity index is 1.65. The Morgan fingerprint density at radius 1 is 1.00 bits per heavy atom. The van der Waals surface area contributed by atoms with E-state index in [1.807, 2.05) is 0 Å². The average molecular weight is 466 g/mol. The maximum Gasteiger partial charge on any atom is 0.417 e. The normalized spacial score (nSPS) is 10.9. The van der Waals surface area contributed by atoms with Crippen molar-refractivity contribution in [1.82, 2.24) is 4.98 Å². The predicted octanol–water partition coefficient (Wildman–Crippen LogP) is 5.98. The first-order valence-corrected chi connectivity index (χ1v) is 9.31. The van der Waals surface area contributed by atoms with Crippen molar-refractivity contribution < 1.29 is 32.2 Å². The van der Waals surface area contributed by atoms with Gasteiger partial charge in [-0.25, -0.2) is 14.6 Å². The standard InChI is InChI=1S/C21H15ClF3N3O4/c1-31-19(29)18-17(3-2-10-26-18)32-14-7-4-12(5-8-14)27-20(30)28-13-6-9-16(22)15(11-13)21(23,24)25/h2-11H,1H3,(H2,27,28,30). The van der Waals surface area contributed by atoms with Gasteiger partial charge in [-0.05, 0) is 54.6 Å². The molecule has 3 aromatic rings. The first kappa shape index (κ1) is 22.9. The molecule has 2 N–H and O–H groups in total. The highest BCUT2D eigenvalue weighted by Crippen LogP contribution is 2.36. The van der Waals surface area contributed by atoms with Crippen LogP contribution in [0, 0.1) is 0 Å². The van der Waals surface area contributed by atoms with Gasteiger partial charge < -0.3 is 20.1 Å². The number of amides is 2. The summed E-state index contributed by atoms with van der Waals surface area (Å²) < 4.78 is 49.1. The van der Waals surface area contributed by atoms with Crippen LogP contribution >= 0.6 is 11.6 Å². The Bertz CT molecular complexity index is 1140. The van der Waals surface area contributed by atoms with Crippen LogP contribution in [0.15, 0.2) is 60.8 Å². The molecule has 2 amide bonds. The van der Waals surface area contributed by atoms with Crippen LogP contribution in [0.4, 0.5) is 29.3 Å². The van der Waals surface area contributed by atoms with Crippen LogP contribution in [0.1, 0.15) is 16.1 Å². The number of aromatic nitrogens is 1. The third-order valence-corrected chi connectivity index (χ3v) is 4.35. The van der Waals surface area contributed by atoms with Crippen LogP contribution in [-0.4, -0.2) is 24.1 Å². The molecule has 0 fully saturated rings. The topological polar surface area (TPSA) is 89.6 Å². The van der Waals surface area contributed by atoms with E-state index >= 15 is 0 Å². The van der Waals surface area contributed by atoms with Crippen LogP contribution in [0.25, 0.3) is 0 Å². The van der Waals surface area contributed by atoms with Crippen molar-refractivity contribution in [3.63, 3.8) is 0 Å². The van der Waals surface area contributed by atoms with E-state index in [-0.39, 0.29) is 17.1 Å². The number of nitrogens with one attached hydrogen (secondary N) is 2. The highest BCUT2D eigenvalue weighted by Gasteiger charge is 2.33. The maximum atomic E-state index is 12.9. The molecule has 0 aliphatic rings. The van der Waals surface area contributed by atoms with Gasteiger partial charge in [0.1, 0.15) is 5.75 Å². The number of anilines is 2. The summed E-state index contributed by atoms with van der Waals surface area (Å²) in [6.07, 6.45) is -3.23. The van der Waals surface area contributed by atoms with E-state index in [9.17, 15) is 22.8 Å². The molecule has 0 spiro atoms. The highest BCUT2D eigenvalue weighted by molar-refractivity contribution is 6.31. The lowest BCUT2D eigenvalue weighted by molar-refractivity contribution is -0.137. The van der Waals surface area contributed by atoms with E-state index in [1.54, 1.807) is 12.1 Å². The molecule has 0 aliphatic carbocycles. The fraction of sp³-hybridized carbons (Fsp3) is 0.0952. The number of methoxy groups -OCH3 is 1. The Labute approximate surface area is 185 Å². The molecular weight excluding hydrogens is 451 g/mol. The summed E-state index contributed by atoms with van der Waals surface area (Å²) in [5, 5.41) is 4.33. The van der Waals surface area contributed by atoms with Crippen LogP contribution in [0.3, 0.4) is 0 Å². The van der Waals surface area contributed by atoms with Crippen molar-refractivity contribution in [2.24, 2.45) is 0 Å². The summed E-state index contributed by atoms with van der Waals surface area (Å²) in [5.74, 6) is -0.130. The van der Waals surface area contributed by atoms with Gasteiger partial charge in [-0.15, -0.1) is 0 Å². The Hall–Kier alpha value is -3.79. The molecule has 3 rings (SSSR count). The van der Waals surface area contributed by atoms with Crippen molar-refractivity contribution in [3.05, 3.63) is 77.1 Å². The smallest absolute Gasteiger partial charge is 0.417 e. The molecule has 11 heteroatoms. The number of nitrogens with zero attached hydrogens (tertiary/aromatic N) is 1. The van der Waals surface area contributed by atoms with Crippen LogP contribution < -0.4 is 15.4 Å². The first-order chi connectivity index (χ1) is 15.2. The second kappa shape index (κ2) is 9.56. The quantitative estimate of drug-likeness (QED) is 0.453. The number of benzene rings is 2. The average Bonchev–Trinajstić information content (AvgIpc) is 2.75. The van der Waals surface area contributed by atoms with E-state index in [0.717, 1.165) is 12.1 Å². The van der Waals surface area contributed by atoms with Gasteiger partial charge in [-0.2, -0.15) is 13.2 Å². The molecule has 1 aromatic heterocycles. The van der Waals surface area contributed by atoms with E-state index in [1.165, 1.54) is 43.6 Å². The second-order valence-corrected chi connectivity index (χ2v) is 6.65. The van der Waals surface area contributed by atoms with Gasteiger partial charge >= 0.3 is 18.2 Å². The molecular formula is C21H15ClF3N3O4. The van der Waals surface area contributed by atoms with Gasteiger partial charge in [-0.3, -0.25) is 0 Å². The fourth-order valence-corrected chi connectivity index (χ4v) is 2.79. The maximum absolute atomic E-state index is 12.9. The van der Waals surface area contributed by atoms with Gasteiger partial charge in [0.25, 0.3) is 0 Å². The summed E-state index contributed by atoms with van der Waals surface area (Å²) >= 11 is 5.57. The van der Waals surface area contributed by atoms with Gasteiger partial charge in [0, 0.05) is 17.6 Å². The van der Waals surface area contributed by atoms with E-state index in [0.29, 0.717) is 11.4 Å². The number of rotatable bonds is 5. The van der Waals surface area contributed by atoms with E-state index in [4.69, 9.17) is 16.3 Å². The van der Waals surface area contributed by atoms with Crippen LogP contribution in [0.2, 0.25) is 5.02 Å². The largest absolute Gasteiger partial charge is 0.464 e. The van der Waals surface area contributed by atoms with Crippen LogP contribution in [-0.2, 0) is 10.9 Å². The summed E-state index contributed by atoms with van der Waals surface area (Å²) in [4.78, 5) is 27.8. The SMILES string of the molecule is COC(=O)c1ncccc1Oc1ccc(NC(=O)Nc2ccc(Cl)c(C(F)(F)F)c2)cc1. The molecule has 166 valence electrons. The summed E-state index contributed by atoms with van der Waals surface area (Å²) in [7, 11) is 1.22. The molecule has 1 heterocycles. The lowest BCUT2D eigenvalue weighted by Crippen LogP contribution is -2.19. The van der Waals surface area contributed by atoms with Gasteiger partial charge in [0.2, 0.25) is 0 Å². The Morgan fingerprint density at radius 2 is 1.66 bits per heavy atom. The molecule has 0 unspecified atom stereocenters. The van der Waals surface area contributed by atoms with Gasteiger partial charge in [-0.1, -0.05) is 11.6 Å². The van der Waals surface area contributed by atoms with Gasteiger partial charge in [0.15, 0.2) is 11.4 Å². The zero-order chi connectivity index (χ0) is 23.3.